The molecular formula is C9H11NaO2S. The summed E-state index contributed by atoms with van der Waals surface area (Å²) in [5.41, 5.74) is 0.393. The van der Waals surface area contributed by atoms with E-state index in [0.29, 0.717) is 5.56 Å². The molecule has 1 rings (SSSR count). The summed E-state index contributed by atoms with van der Waals surface area (Å²) in [6, 6.07) is 7.05. The molecule has 0 amide bonds. The van der Waals surface area contributed by atoms with Gasteiger partial charge in [-0.1, -0.05) is 19.1 Å². The summed E-state index contributed by atoms with van der Waals surface area (Å²) >= 11 is 1.55. The van der Waals surface area contributed by atoms with E-state index in [9.17, 15) is 4.79 Å². The van der Waals surface area contributed by atoms with Gasteiger partial charge in [0.15, 0.2) is 0 Å². The summed E-state index contributed by atoms with van der Waals surface area (Å²) in [6.45, 7) is 2.00. The topological polar surface area (TPSA) is 37.3 Å². The van der Waals surface area contributed by atoms with Gasteiger partial charge in [0, 0.05) is 4.90 Å². The van der Waals surface area contributed by atoms with Crippen molar-refractivity contribution in [2.45, 2.75) is 11.8 Å². The molecule has 0 heterocycles. The first kappa shape index (κ1) is 13.0. The van der Waals surface area contributed by atoms with Crippen molar-refractivity contribution < 1.29 is 9.90 Å². The van der Waals surface area contributed by atoms with Crippen molar-refractivity contribution in [1.82, 2.24) is 0 Å². The molecule has 0 radical (unpaired) electrons. The van der Waals surface area contributed by atoms with Crippen molar-refractivity contribution in [2.24, 2.45) is 0 Å². The molecule has 66 valence electrons. The Bertz CT molecular complexity index is 289. The number of benzene rings is 1. The van der Waals surface area contributed by atoms with Crippen molar-refractivity contribution in [3.8, 4) is 0 Å². The van der Waals surface area contributed by atoms with Gasteiger partial charge in [-0.15, -0.1) is 11.8 Å². The predicted octanol–water partition coefficient (Wildman–Crippen LogP) is 1.85. The van der Waals surface area contributed by atoms with E-state index in [4.69, 9.17) is 5.11 Å². The molecule has 13 heavy (non-hydrogen) atoms. The fraction of sp³-hybridized carbons (Fsp3) is 0.222. The number of thioether (sulfide) groups is 1. The van der Waals surface area contributed by atoms with Crippen LogP contribution >= 0.6 is 11.8 Å². The second-order valence-electron chi connectivity index (χ2n) is 2.23. The molecule has 0 aromatic heterocycles. The fourth-order valence-corrected chi connectivity index (χ4v) is 1.72. The Balaban J connectivity index is 0.00000144. The van der Waals surface area contributed by atoms with Crippen LogP contribution in [0.4, 0.5) is 0 Å². The average Bonchev–Trinajstić information content (AvgIpc) is 2.05. The summed E-state index contributed by atoms with van der Waals surface area (Å²) in [7, 11) is 0. The number of carboxylic acids is 1. The molecule has 4 heteroatoms. The predicted molar refractivity (Wildman–Crippen MR) is 56.9 cm³/mol. The van der Waals surface area contributed by atoms with Crippen molar-refractivity contribution in [2.75, 3.05) is 5.75 Å². The van der Waals surface area contributed by atoms with Gasteiger partial charge in [0.05, 0.1) is 5.56 Å². The first-order chi connectivity index (χ1) is 5.75. The van der Waals surface area contributed by atoms with Gasteiger partial charge in [0.2, 0.25) is 0 Å². The number of rotatable bonds is 3. The van der Waals surface area contributed by atoms with Crippen LogP contribution in [0.5, 0.6) is 0 Å². The summed E-state index contributed by atoms with van der Waals surface area (Å²) in [5.74, 6) is 0.0381. The van der Waals surface area contributed by atoms with E-state index in [1.165, 1.54) is 0 Å². The molecule has 2 nitrogen and oxygen atoms in total. The summed E-state index contributed by atoms with van der Waals surface area (Å²) in [5, 5.41) is 8.78. The Morgan fingerprint density at radius 1 is 1.46 bits per heavy atom. The third-order valence-corrected chi connectivity index (χ3v) is 2.37. The molecule has 0 fully saturated rings. The number of hydrogen-bond donors (Lipinski definition) is 1. The normalized spacial score (nSPS) is 9.00. The summed E-state index contributed by atoms with van der Waals surface area (Å²) in [6.07, 6.45) is 0. The molecule has 1 N–H and O–H groups in total. The van der Waals surface area contributed by atoms with E-state index in [0.717, 1.165) is 10.6 Å². The van der Waals surface area contributed by atoms with Gasteiger partial charge in [-0.2, -0.15) is 0 Å². The van der Waals surface area contributed by atoms with Gasteiger partial charge in [0.1, 0.15) is 0 Å². The first-order valence-corrected chi connectivity index (χ1v) is 4.69. The van der Waals surface area contributed by atoms with Crippen molar-refractivity contribution in [3.05, 3.63) is 29.8 Å². The van der Waals surface area contributed by atoms with Crippen LogP contribution < -0.4 is 0 Å². The van der Waals surface area contributed by atoms with Crippen LogP contribution in [0.2, 0.25) is 0 Å². The van der Waals surface area contributed by atoms with E-state index in [-0.39, 0.29) is 29.6 Å². The van der Waals surface area contributed by atoms with E-state index in [1.807, 2.05) is 19.1 Å². The zero-order valence-electron chi connectivity index (χ0n) is 6.78. The van der Waals surface area contributed by atoms with Crippen LogP contribution in [0.3, 0.4) is 0 Å². The molecule has 0 aliphatic carbocycles. The van der Waals surface area contributed by atoms with Crippen LogP contribution in [0.25, 0.3) is 0 Å². The number of carboxylic acid groups (broad SMARTS) is 1. The molecule has 0 saturated carbocycles. The average molecular weight is 206 g/mol. The van der Waals surface area contributed by atoms with Gasteiger partial charge in [0.25, 0.3) is 0 Å². The molecule has 0 bridgehead atoms. The van der Waals surface area contributed by atoms with Gasteiger partial charge in [-0.05, 0) is 17.9 Å². The van der Waals surface area contributed by atoms with Crippen LogP contribution in [0, 0.1) is 0 Å². The molecule has 0 atom stereocenters. The van der Waals surface area contributed by atoms with Crippen LogP contribution in [-0.2, 0) is 0 Å². The summed E-state index contributed by atoms with van der Waals surface area (Å²) < 4.78 is 0. The second-order valence-corrected chi connectivity index (χ2v) is 3.54. The minimum atomic E-state index is -0.855. The number of hydrogen-bond acceptors (Lipinski definition) is 2. The standard InChI is InChI=1S/C9H10O2S.Na.H/c1-2-12-8-6-4-3-5-7(8)9(10)11;;/h3-6H,2H2,1H3,(H,10,11);;. The Labute approximate surface area is 104 Å². The van der Waals surface area contributed by atoms with Crippen LogP contribution in [-0.4, -0.2) is 46.4 Å². The molecule has 0 aliphatic rings. The van der Waals surface area contributed by atoms with E-state index in [1.54, 1.807) is 23.9 Å². The summed E-state index contributed by atoms with van der Waals surface area (Å²) in [4.78, 5) is 11.5. The van der Waals surface area contributed by atoms with Gasteiger partial charge in [-0.3, -0.25) is 0 Å². The molecule has 1 aromatic rings. The Morgan fingerprint density at radius 3 is 2.62 bits per heavy atom. The van der Waals surface area contributed by atoms with Gasteiger partial charge >= 0.3 is 35.5 Å². The Hall–Kier alpha value is 0.0400. The van der Waals surface area contributed by atoms with E-state index < -0.39 is 5.97 Å². The zero-order valence-corrected chi connectivity index (χ0v) is 7.60. The van der Waals surface area contributed by atoms with Crippen molar-refractivity contribution in [3.63, 3.8) is 0 Å². The molecular weight excluding hydrogens is 195 g/mol. The Kier molecular flexibility index (Phi) is 6.51. The molecule has 1 aromatic carbocycles. The zero-order chi connectivity index (χ0) is 8.97. The van der Waals surface area contributed by atoms with Crippen molar-refractivity contribution >= 4 is 47.3 Å². The maximum atomic E-state index is 10.7. The number of aromatic carboxylic acids is 1. The monoisotopic (exact) mass is 206 g/mol. The molecule has 0 aliphatic heterocycles. The quantitative estimate of drug-likeness (QED) is 0.605. The third-order valence-electron chi connectivity index (χ3n) is 1.42. The van der Waals surface area contributed by atoms with Crippen LogP contribution in [0.15, 0.2) is 29.2 Å². The minimum absolute atomic E-state index is 0. The maximum absolute atomic E-state index is 10.7. The first-order valence-electron chi connectivity index (χ1n) is 3.70. The van der Waals surface area contributed by atoms with E-state index in [2.05, 4.69) is 0 Å². The second kappa shape index (κ2) is 6.49. The SMILES string of the molecule is CCSc1ccccc1C(=O)O.[NaH]. The van der Waals surface area contributed by atoms with Crippen molar-refractivity contribution in [1.29, 1.82) is 0 Å². The number of carbonyl (C=O) groups is 1. The van der Waals surface area contributed by atoms with Gasteiger partial charge < -0.3 is 5.11 Å². The Morgan fingerprint density at radius 2 is 2.08 bits per heavy atom. The van der Waals surface area contributed by atoms with E-state index >= 15 is 0 Å². The van der Waals surface area contributed by atoms with Gasteiger partial charge in [-0.25, -0.2) is 4.79 Å². The molecule has 0 unspecified atom stereocenters. The molecule has 0 spiro atoms. The van der Waals surface area contributed by atoms with Crippen LogP contribution in [0.1, 0.15) is 17.3 Å². The third kappa shape index (κ3) is 3.73. The molecule has 0 saturated heterocycles. The fourth-order valence-electron chi connectivity index (χ4n) is 0.925.